The summed E-state index contributed by atoms with van der Waals surface area (Å²) in [6.07, 6.45) is 7.65. The van der Waals surface area contributed by atoms with E-state index in [1.807, 2.05) is 13.1 Å². The molecule has 0 aromatic carbocycles. The van der Waals surface area contributed by atoms with Gasteiger partial charge in [0, 0.05) is 18.3 Å². The lowest BCUT2D eigenvalue weighted by molar-refractivity contribution is 0.0359. The number of hydrogen-bond donors (Lipinski definition) is 1. The Morgan fingerprint density at radius 2 is 2.24 bits per heavy atom. The molecule has 0 radical (unpaired) electrons. The van der Waals surface area contributed by atoms with Gasteiger partial charge in [-0.05, 0) is 19.8 Å². The molecule has 92 valence electrons. The van der Waals surface area contributed by atoms with Crippen LogP contribution >= 0.6 is 0 Å². The van der Waals surface area contributed by atoms with Crippen LogP contribution in [0.15, 0.2) is 12.4 Å². The first kappa shape index (κ1) is 12.1. The average Bonchev–Trinajstić information content (AvgIpc) is 2.87. The first-order valence-electron chi connectivity index (χ1n) is 6.33. The minimum absolute atomic E-state index is 0.597. The summed E-state index contributed by atoms with van der Waals surface area (Å²) in [7, 11) is 0. The van der Waals surface area contributed by atoms with E-state index in [4.69, 9.17) is 0 Å². The molecule has 1 aliphatic rings. The van der Waals surface area contributed by atoms with Gasteiger partial charge < -0.3 is 5.11 Å². The maximum absolute atomic E-state index is 10.4. The highest BCUT2D eigenvalue weighted by Crippen LogP contribution is 2.45. The predicted molar refractivity (Wildman–Crippen MR) is 64.0 cm³/mol. The number of aliphatic hydroxyl groups excluding tert-OH is 1. The lowest BCUT2D eigenvalue weighted by Crippen LogP contribution is -2.29. The minimum Gasteiger partial charge on any atom is -0.387 e. The van der Waals surface area contributed by atoms with E-state index in [9.17, 15) is 10.4 Å². The van der Waals surface area contributed by atoms with Crippen LogP contribution < -0.4 is 0 Å². The first-order valence-corrected chi connectivity index (χ1v) is 6.33. The van der Waals surface area contributed by atoms with Crippen LogP contribution in [0.5, 0.6) is 0 Å². The lowest BCUT2D eigenvalue weighted by Gasteiger charge is -2.34. The van der Waals surface area contributed by atoms with Crippen LogP contribution in [0.4, 0.5) is 0 Å². The Labute approximate surface area is 102 Å². The monoisotopic (exact) mass is 233 g/mol. The molecule has 1 N–H and O–H groups in total. The zero-order valence-corrected chi connectivity index (χ0v) is 10.3. The third kappa shape index (κ3) is 2.20. The standard InChI is InChI=1S/C13H19N3O/c1-2-16-9-11(8-15-16)12(17)13(10-14)6-4-3-5-7-13/h8-9,12,17H,2-7H2,1H3. The van der Waals surface area contributed by atoms with Crippen LogP contribution in [0.25, 0.3) is 0 Å². The third-order valence-electron chi connectivity index (χ3n) is 3.78. The second-order valence-electron chi connectivity index (χ2n) is 4.86. The topological polar surface area (TPSA) is 61.8 Å². The Bertz CT molecular complexity index is 413. The molecule has 1 saturated carbocycles. The Morgan fingerprint density at radius 3 is 2.76 bits per heavy atom. The normalized spacial score (nSPS) is 20.8. The largest absolute Gasteiger partial charge is 0.387 e. The highest BCUT2D eigenvalue weighted by atomic mass is 16.3. The molecule has 1 aliphatic carbocycles. The summed E-state index contributed by atoms with van der Waals surface area (Å²) in [5, 5.41) is 24.0. The van der Waals surface area contributed by atoms with Crippen molar-refractivity contribution in [1.82, 2.24) is 9.78 Å². The predicted octanol–water partition coefficient (Wildman–Crippen LogP) is 2.41. The Morgan fingerprint density at radius 1 is 1.53 bits per heavy atom. The summed E-state index contributed by atoms with van der Waals surface area (Å²) >= 11 is 0. The Kier molecular flexibility index (Phi) is 3.49. The van der Waals surface area contributed by atoms with E-state index in [1.165, 1.54) is 6.42 Å². The van der Waals surface area contributed by atoms with Gasteiger partial charge in [-0.15, -0.1) is 0 Å². The van der Waals surface area contributed by atoms with Crippen molar-refractivity contribution < 1.29 is 5.11 Å². The van der Waals surface area contributed by atoms with Crippen molar-refractivity contribution in [3.05, 3.63) is 18.0 Å². The Hall–Kier alpha value is -1.34. The van der Waals surface area contributed by atoms with E-state index < -0.39 is 11.5 Å². The van der Waals surface area contributed by atoms with Crippen molar-refractivity contribution in [2.75, 3.05) is 0 Å². The van der Waals surface area contributed by atoms with Gasteiger partial charge in [-0.2, -0.15) is 10.4 Å². The molecule has 1 fully saturated rings. The molecule has 0 spiro atoms. The molecular weight excluding hydrogens is 214 g/mol. The van der Waals surface area contributed by atoms with E-state index in [0.717, 1.165) is 37.8 Å². The quantitative estimate of drug-likeness (QED) is 0.872. The number of aliphatic hydroxyl groups is 1. The van der Waals surface area contributed by atoms with Gasteiger partial charge >= 0.3 is 0 Å². The fourth-order valence-corrected chi connectivity index (χ4v) is 2.64. The van der Waals surface area contributed by atoms with E-state index in [0.29, 0.717) is 0 Å². The van der Waals surface area contributed by atoms with Crippen molar-refractivity contribution in [3.8, 4) is 6.07 Å². The SMILES string of the molecule is CCn1cc(C(O)C2(C#N)CCCCC2)cn1. The van der Waals surface area contributed by atoms with Gasteiger partial charge in [0.05, 0.1) is 17.7 Å². The zero-order valence-electron chi connectivity index (χ0n) is 10.3. The van der Waals surface area contributed by atoms with Gasteiger partial charge in [0.1, 0.15) is 6.10 Å². The van der Waals surface area contributed by atoms with E-state index in [-0.39, 0.29) is 0 Å². The molecule has 4 heteroatoms. The zero-order chi connectivity index (χ0) is 12.3. The summed E-state index contributed by atoms with van der Waals surface area (Å²) in [6, 6.07) is 2.36. The van der Waals surface area contributed by atoms with Crippen molar-refractivity contribution in [2.24, 2.45) is 5.41 Å². The molecule has 17 heavy (non-hydrogen) atoms. The number of aryl methyl sites for hydroxylation is 1. The van der Waals surface area contributed by atoms with Gasteiger partial charge in [-0.25, -0.2) is 0 Å². The molecule has 1 aromatic heterocycles. The minimum atomic E-state index is -0.701. The second-order valence-corrected chi connectivity index (χ2v) is 4.86. The molecule has 0 amide bonds. The van der Waals surface area contributed by atoms with Crippen LogP contribution in [0.3, 0.4) is 0 Å². The summed E-state index contributed by atoms with van der Waals surface area (Å²) in [5.74, 6) is 0. The number of hydrogen-bond acceptors (Lipinski definition) is 3. The molecule has 1 aromatic rings. The first-order chi connectivity index (χ1) is 8.22. The number of nitriles is 1. The maximum Gasteiger partial charge on any atom is 0.101 e. The van der Waals surface area contributed by atoms with E-state index in [2.05, 4.69) is 11.2 Å². The van der Waals surface area contributed by atoms with Crippen molar-refractivity contribution >= 4 is 0 Å². The highest BCUT2D eigenvalue weighted by molar-refractivity contribution is 5.18. The van der Waals surface area contributed by atoms with Crippen LogP contribution in [-0.2, 0) is 6.54 Å². The molecule has 1 heterocycles. The molecule has 2 rings (SSSR count). The van der Waals surface area contributed by atoms with Gasteiger partial charge in [0.2, 0.25) is 0 Å². The highest BCUT2D eigenvalue weighted by Gasteiger charge is 2.40. The Balaban J connectivity index is 2.22. The van der Waals surface area contributed by atoms with Crippen LogP contribution in [0.1, 0.15) is 50.7 Å². The number of aromatic nitrogens is 2. The molecule has 4 nitrogen and oxygen atoms in total. The fourth-order valence-electron chi connectivity index (χ4n) is 2.64. The molecule has 0 aliphatic heterocycles. The fraction of sp³-hybridized carbons (Fsp3) is 0.692. The second kappa shape index (κ2) is 4.89. The summed E-state index contributed by atoms with van der Waals surface area (Å²) in [6.45, 7) is 2.79. The van der Waals surface area contributed by atoms with Crippen LogP contribution in [0.2, 0.25) is 0 Å². The number of nitrogens with zero attached hydrogens (tertiary/aromatic N) is 3. The van der Waals surface area contributed by atoms with Gasteiger partial charge in [-0.1, -0.05) is 19.3 Å². The van der Waals surface area contributed by atoms with Crippen molar-refractivity contribution in [2.45, 2.75) is 51.7 Å². The molecule has 0 bridgehead atoms. The molecule has 0 saturated heterocycles. The average molecular weight is 233 g/mol. The smallest absolute Gasteiger partial charge is 0.101 e. The van der Waals surface area contributed by atoms with Gasteiger partial charge in [0.15, 0.2) is 0 Å². The van der Waals surface area contributed by atoms with Crippen LogP contribution in [-0.4, -0.2) is 14.9 Å². The maximum atomic E-state index is 10.4. The lowest BCUT2D eigenvalue weighted by atomic mass is 9.70. The van der Waals surface area contributed by atoms with E-state index in [1.54, 1.807) is 10.9 Å². The van der Waals surface area contributed by atoms with E-state index >= 15 is 0 Å². The number of rotatable bonds is 3. The molecular formula is C13H19N3O. The summed E-state index contributed by atoms with van der Waals surface area (Å²) < 4.78 is 1.78. The summed E-state index contributed by atoms with van der Waals surface area (Å²) in [4.78, 5) is 0. The summed E-state index contributed by atoms with van der Waals surface area (Å²) in [5.41, 5.74) is 0.176. The van der Waals surface area contributed by atoms with Crippen molar-refractivity contribution in [3.63, 3.8) is 0 Å². The van der Waals surface area contributed by atoms with Crippen molar-refractivity contribution in [1.29, 1.82) is 5.26 Å². The molecule has 1 atom stereocenters. The third-order valence-corrected chi connectivity index (χ3v) is 3.78. The molecule has 1 unspecified atom stereocenters. The van der Waals surface area contributed by atoms with Gasteiger partial charge in [0.25, 0.3) is 0 Å². The van der Waals surface area contributed by atoms with Gasteiger partial charge in [-0.3, -0.25) is 4.68 Å². The van der Waals surface area contributed by atoms with Crippen LogP contribution in [0, 0.1) is 16.7 Å².